The Kier molecular flexibility index (Phi) is 4.84. The highest BCUT2D eigenvalue weighted by Crippen LogP contribution is 2.21. The van der Waals surface area contributed by atoms with E-state index in [1.54, 1.807) is 12.4 Å². The van der Waals surface area contributed by atoms with Crippen molar-refractivity contribution in [3.8, 4) is 0 Å². The maximum atomic E-state index is 14.2. The number of hydrogen-bond donors (Lipinski definition) is 1. The van der Waals surface area contributed by atoms with Gasteiger partial charge in [-0.15, -0.1) is 0 Å². The third-order valence-electron chi connectivity index (χ3n) is 3.36. The molecule has 2 rings (SSSR count). The van der Waals surface area contributed by atoms with Gasteiger partial charge in [-0.25, -0.2) is 9.37 Å². The van der Waals surface area contributed by atoms with Crippen LogP contribution in [0.4, 0.5) is 4.39 Å². The van der Waals surface area contributed by atoms with E-state index in [-0.39, 0.29) is 11.9 Å². The zero-order valence-electron chi connectivity index (χ0n) is 12.2. The number of halogens is 1. The lowest BCUT2D eigenvalue weighted by atomic mass is 10.0. The first kappa shape index (κ1) is 14.7. The minimum atomic E-state index is -0.168. The molecule has 0 amide bonds. The zero-order valence-corrected chi connectivity index (χ0v) is 12.2. The quantitative estimate of drug-likeness (QED) is 0.882. The lowest BCUT2D eigenvalue weighted by molar-refractivity contribution is 0.484. The van der Waals surface area contributed by atoms with Crippen molar-refractivity contribution in [2.24, 2.45) is 0 Å². The van der Waals surface area contributed by atoms with Crippen LogP contribution in [-0.4, -0.2) is 21.3 Å². The van der Waals surface area contributed by atoms with Gasteiger partial charge in [-0.05, 0) is 32.0 Å². The van der Waals surface area contributed by atoms with Gasteiger partial charge in [0.05, 0.1) is 0 Å². The smallest absolute Gasteiger partial charge is 0.138 e. The number of nitrogens with zero attached hydrogens (tertiary/aromatic N) is 3. The van der Waals surface area contributed by atoms with Crippen molar-refractivity contribution in [2.75, 3.05) is 6.54 Å². The first-order valence-electron chi connectivity index (χ1n) is 7.01. The number of benzene rings is 1. The molecule has 1 aromatic carbocycles. The third kappa shape index (κ3) is 3.22. The maximum absolute atomic E-state index is 14.2. The Hall–Kier alpha value is -1.75. The predicted molar refractivity (Wildman–Crippen MR) is 77.0 cm³/mol. The molecular formula is C15H21FN4. The summed E-state index contributed by atoms with van der Waals surface area (Å²) in [4.78, 5) is 4.27. The van der Waals surface area contributed by atoms with Crippen LogP contribution in [0.3, 0.4) is 0 Å². The third-order valence-corrected chi connectivity index (χ3v) is 3.36. The molecule has 108 valence electrons. The molecule has 1 atom stereocenters. The molecule has 0 spiro atoms. The van der Waals surface area contributed by atoms with Crippen LogP contribution in [0.15, 0.2) is 24.5 Å². The highest BCUT2D eigenvalue weighted by Gasteiger charge is 2.18. The van der Waals surface area contributed by atoms with Gasteiger partial charge in [-0.1, -0.05) is 19.1 Å². The molecule has 0 saturated heterocycles. The molecular weight excluding hydrogens is 255 g/mol. The average Bonchev–Trinajstić information content (AvgIpc) is 2.85. The molecule has 1 N–H and O–H groups in total. The molecule has 20 heavy (non-hydrogen) atoms. The van der Waals surface area contributed by atoms with E-state index in [2.05, 4.69) is 15.4 Å². The van der Waals surface area contributed by atoms with Gasteiger partial charge < -0.3 is 5.32 Å². The Morgan fingerprint density at radius 2 is 2.15 bits per heavy atom. The fourth-order valence-corrected chi connectivity index (χ4v) is 2.35. The molecule has 1 aromatic heterocycles. The highest BCUT2D eigenvalue weighted by molar-refractivity contribution is 5.26. The fraction of sp³-hybridized carbons (Fsp3) is 0.467. The van der Waals surface area contributed by atoms with Crippen molar-refractivity contribution in [2.45, 2.75) is 39.8 Å². The normalized spacial score (nSPS) is 12.6. The Labute approximate surface area is 119 Å². The molecule has 0 bridgehead atoms. The first-order chi connectivity index (χ1) is 9.65. The number of aryl methyl sites for hydroxylation is 2. The molecule has 0 radical (unpaired) electrons. The molecule has 0 fully saturated rings. The van der Waals surface area contributed by atoms with Gasteiger partial charge in [0, 0.05) is 24.6 Å². The maximum Gasteiger partial charge on any atom is 0.138 e. The Morgan fingerprint density at radius 1 is 1.35 bits per heavy atom. The van der Waals surface area contributed by atoms with E-state index in [1.807, 2.05) is 37.6 Å². The number of likely N-dealkylation sites (N-methyl/N-ethyl adjacent to an activating group) is 1. The fourth-order valence-electron chi connectivity index (χ4n) is 2.35. The standard InChI is InChI=1S/C15H21FN4/c1-4-17-14(9-15-18-10-19-20(15)5-2)12-7-6-11(3)8-13(12)16/h6-8,10,14,17H,4-5,9H2,1-3H3. The Morgan fingerprint density at radius 3 is 2.80 bits per heavy atom. The topological polar surface area (TPSA) is 42.7 Å². The van der Waals surface area contributed by atoms with Gasteiger partial charge in [0.1, 0.15) is 18.0 Å². The monoisotopic (exact) mass is 276 g/mol. The molecule has 5 heteroatoms. The summed E-state index contributed by atoms with van der Waals surface area (Å²) >= 11 is 0. The van der Waals surface area contributed by atoms with Gasteiger partial charge in [-0.2, -0.15) is 5.10 Å². The van der Waals surface area contributed by atoms with E-state index in [4.69, 9.17) is 0 Å². The number of nitrogens with one attached hydrogen (secondary N) is 1. The summed E-state index contributed by atoms with van der Waals surface area (Å²) < 4.78 is 16.0. The van der Waals surface area contributed by atoms with Crippen molar-refractivity contribution in [3.05, 3.63) is 47.3 Å². The number of aromatic nitrogens is 3. The highest BCUT2D eigenvalue weighted by atomic mass is 19.1. The van der Waals surface area contributed by atoms with Crippen molar-refractivity contribution in [1.29, 1.82) is 0 Å². The molecule has 0 saturated carbocycles. The van der Waals surface area contributed by atoms with Crippen LogP contribution in [0.5, 0.6) is 0 Å². The summed E-state index contributed by atoms with van der Waals surface area (Å²) in [5.41, 5.74) is 1.61. The van der Waals surface area contributed by atoms with Crippen LogP contribution >= 0.6 is 0 Å². The van der Waals surface area contributed by atoms with Crippen molar-refractivity contribution in [1.82, 2.24) is 20.1 Å². The summed E-state index contributed by atoms with van der Waals surface area (Å²) in [7, 11) is 0. The van der Waals surface area contributed by atoms with E-state index in [0.29, 0.717) is 12.0 Å². The molecule has 0 aliphatic rings. The summed E-state index contributed by atoms with van der Waals surface area (Å²) in [5.74, 6) is 0.705. The van der Waals surface area contributed by atoms with Crippen LogP contribution in [0.1, 0.15) is 36.8 Å². The Bertz CT molecular complexity index is 565. The van der Waals surface area contributed by atoms with Crippen LogP contribution in [-0.2, 0) is 13.0 Å². The molecule has 0 aliphatic heterocycles. The van der Waals surface area contributed by atoms with Crippen molar-refractivity contribution in [3.63, 3.8) is 0 Å². The summed E-state index contributed by atoms with van der Waals surface area (Å²) in [6, 6.07) is 5.28. The van der Waals surface area contributed by atoms with E-state index >= 15 is 0 Å². The van der Waals surface area contributed by atoms with E-state index < -0.39 is 0 Å². The van der Waals surface area contributed by atoms with E-state index in [1.165, 1.54) is 0 Å². The largest absolute Gasteiger partial charge is 0.310 e. The van der Waals surface area contributed by atoms with Gasteiger partial charge in [0.2, 0.25) is 0 Å². The molecule has 1 heterocycles. The second-order valence-electron chi connectivity index (χ2n) is 4.83. The predicted octanol–water partition coefficient (Wildman–Crippen LogP) is 2.64. The molecule has 4 nitrogen and oxygen atoms in total. The second-order valence-corrected chi connectivity index (χ2v) is 4.83. The van der Waals surface area contributed by atoms with Gasteiger partial charge in [0.15, 0.2) is 0 Å². The van der Waals surface area contributed by atoms with Crippen LogP contribution in [0, 0.1) is 12.7 Å². The minimum absolute atomic E-state index is 0.0879. The Balaban J connectivity index is 2.27. The van der Waals surface area contributed by atoms with Gasteiger partial charge >= 0.3 is 0 Å². The minimum Gasteiger partial charge on any atom is -0.310 e. The molecule has 0 aliphatic carbocycles. The second kappa shape index (κ2) is 6.61. The summed E-state index contributed by atoms with van der Waals surface area (Å²) in [6.45, 7) is 7.47. The SMILES string of the molecule is CCNC(Cc1ncnn1CC)c1ccc(C)cc1F. The van der Waals surface area contributed by atoms with E-state index in [9.17, 15) is 4.39 Å². The van der Waals surface area contributed by atoms with Crippen LogP contribution in [0.25, 0.3) is 0 Å². The van der Waals surface area contributed by atoms with E-state index in [0.717, 1.165) is 24.5 Å². The van der Waals surface area contributed by atoms with Gasteiger partial charge in [0.25, 0.3) is 0 Å². The van der Waals surface area contributed by atoms with Crippen LogP contribution < -0.4 is 5.32 Å². The lowest BCUT2D eigenvalue weighted by Crippen LogP contribution is -2.25. The molecule has 1 unspecified atom stereocenters. The summed E-state index contributed by atoms with van der Waals surface area (Å²) in [5, 5.41) is 7.49. The molecule has 2 aromatic rings. The first-order valence-corrected chi connectivity index (χ1v) is 7.01. The number of rotatable bonds is 6. The van der Waals surface area contributed by atoms with Crippen molar-refractivity contribution >= 4 is 0 Å². The van der Waals surface area contributed by atoms with Crippen LogP contribution in [0.2, 0.25) is 0 Å². The lowest BCUT2D eigenvalue weighted by Gasteiger charge is -2.19. The van der Waals surface area contributed by atoms with Crippen molar-refractivity contribution < 1.29 is 4.39 Å². The zero-order chi connectivity index (χ0) is 14.5. The average molecular weight is 276 g/mol. The number of hydrogen-bond acceptors (Lipinski definition) is 3. The van der Waals surface area contributed by atoms with Gasteiger partial charge in [-0.3, -0.25) is 4.68 Å². The summed E-state index contributed by atoms with van der Waals surface area (Å²) in [6.07, 6.45) is 2.18.